The number of aromatic nitrogens is 2. The molecule has 3 aliphatic carbocycles. The van der Waals surface area contributed by atoms with Gasteiger partial charge in [0.1, 0.15) is 12.1 Å². The standard InChI is InChI=1S/C17H25N3/c1-2-4-15-16(5-3-1)19-11-20-17(15)18-10-14-9-12-6-7-13(14)8-12/h11-14H,1-10H2,(H,18,19,20). The van der Waals surface area contributed by atoms with Crippen LogP contribution in [0.2, 0.25) is 0 Å². The van der Waals surface area contributed by atoms with Crippen LogP contribution in [0.4, 0.5) is 5.82 Å². The Hall–Kier alpha value is -1.12. The molecule has 2 saturated carbocycles. The molecule has 20 heavy (non-hydrogen) atoms. The van der Waals surface area contributed by atoms with Gasteiger partial charge in [-0.2, -0.15) is 0 Å². The zero-order valence-electron chi connectivity index (χ0n) is 12.3. The predicted molar refractivity (Wildman–Crippen MR) is 80.7 cm³/mol. The molecule has 3 unspecified atom stereocenters. The Morgan fingerprint density at radius 2 is 2.00 bits per heavy atom. The van der Waals surface area contributed by atoms with E-state index in [-0.39, 0.29) is 0 Å². The molecular weight excluding hydrogens is 246 g/mol. The molecule has 0 radical (unpaired) electrons. The van der Waals surface area contributed by atoms with E-state index in [2.05, 4.69) is 15.3 Å². The second-order valence-electron chi connectivity index (χ2n) is 7.02. The van der Waals surface area contributed by atoms with Crippen molar-refractivity contribution in [3.63, 3.8) is 0 Å². The van der Waals surface area contributed by atoms with Crippen molar-refractivity contribution in [2.24, 2.45) is 17.8 Å². The highest BCUT2D eigenvalue weighted by molar-refractivity contribution is 5.46. The van der Waals surface area contributed by atoms with E-state index in [9.17, 15) is 0 Å². The van der Waals surface area contributed by atoms with E-state index >= 15 is 0 Å². The normalized spacial score (nSPS) is 31.9. The molecule has 0 saturated heterocycles. The van der Waals surface area contributed by atoms with Gasteiger partial charge in [0.05, 0.1) is 0 Å². The van der Waals surface area contributed by atoms with Crippen molar-refractivity contribution in [3.05, 3.63) is 17.6 Å². The molecule has 3 nitrogen and oxygen atoms in total. The Bertz CT molecular complexity index is 485. The lowest BCUT2D eigenvalue weighted by molar-refractivity contribution is 0.348. The van der Waals surface area contributed by atoms with Crippen LogP contribution in [0.15, 0.2) is 6.33 Å². The topological polar surface area (TPSA) is 37.8 Å². The maximum Gasteiger partial charge on any atom is 0.132 e. The fourth-order valence-electron chi connectivity index (χ4n) is 4.70. The lowest BCUT2D eigenvalue weighted by Crippen LogP contribution is -2.21. The molecular formula is C17H25N3. The van der Waals surface area contributed by atoms with Crippen molar-refractivity contribution in [1.29, 1.82) is 0 Å². The molecule has 1 aromatic heterocycles. The van der Waals surface area contributed by atoms with Crippen LogP contribution in [0, 0.1) is 17.8 Å². The molecule has 0 aliphatic heterocycles. The van der Waals surface area contributed by atoms with Crippen LogP contribution in [0.1, 0.15) is 56.2 Å². The predicted octanol–water partition coefficient (Wildman–Crippen LogP) is 3.59. The zero-order chi connectivity index (χ0) is 13.4. The summed E-state index contributed by atoms with van der Waals surface area (Å²) in [6.45, 7) is 1.13. The van der Waals surface area contributed by atoms with Crippen molar-refractivity contribution in [2.75, 3.05) is 11.9 Å². The van der Waals surface area contributed by atoms with Gasteiger partial charge >= 0.3 is 0 Å². The third-order valence-electron chi connectivity index (χ3n) is 5.79. The van der Waals surface area contributed by atoms with E-state index in [4.69, 9.17) is 0 Å². The minimum atomic E-state index is 0.894. The first-order valence-electron chi connectivity index (χ1n) is 8.47. The van der Waals surface area contributed by atoms with Crippen LogP contribution in [0.3, 0.4) is 0 Å². The van der Waals surface area contributed by atoms with Crippen molar-refractivity contribution in [2.45, 2.75) is 57.8 Å². The number of nitrogens with one attached hydrogen (secondary N) is 1. The second-order valence-corrected chi connectivity index (χ2v) is 7.02. The summed E-state index contributed by atoms with van der Waals surface area (Å²) in [5.41, 5.74) is 2.71. The summed E-state index contributed by atoms with van der Waals surface area (Å²) in [6.07, 6.45) is 13.9. The summed E-state index contributed by atoms with van der Waals surface area (Å²) in [7, 11) is 0. The second kappa shape index (κ2) is 5.34. The van der Waals surface area contributed by atoms with Crippen LogP contribution in [0.5, 0.6) is 0 Å². The van der Waals surface area contributed by atoms with Gasteiger partial charge in [-0.1, -0.05) is 12.8 Å². The zero-order valence-corrected chi connectivity index (χ0v) is 12.3. The summed E-state index contributed by atoms with van der Waals surface area (Å²) in [5, 5.41) is 3.68. The monoisotopic (exact) mass is 271 g/mol. The molecule has 1 heterocycles. The molecule has 0 aromatic carbocycles. The van der Waals surface area contributed by atoms with Crippen LogP contribution in [-0.2, 0) is 12.8 Å². The fraction of sp³-hybridized carbons (Fsp3) is 0.765. The Morgan fingerprint density at radius 3 is 2.85 bits per heavy atom. The first-order valence-corrected chi connectivity index (χ1v) is 8.47. The summed E-state index contributed by atoms with van der Waals surface area (Å²) in [5.74, 6) is 4.06. The quantitative estimate of drug-likeness (QED) is 0.854. The number of aryl methyl sites for hydroxylation is 1. The van der Waals surface area contributed by atoms with E-state index in [1.165, 1.54) is 56.2 Å². The largest absolute Gasteiger partial charge is 0.369 e. The Balaban J connectivity index is 1.46. The van der Waals surface area contributed by atoms with Crippen molar-refractivity contribution < 1.29 is 0 Å². The van der Waals surface area contributed by atoms with Crippen LogP contribution >= 0.6 is 0 Å². The molecule has 3 atom stereocenters. The first-order chi connectivity index (χ1) is 9.90. The Kier molecular flexibility index (Phi) is 3.37. The minimum absolute atomic E-state index is 0.894. The van der Waals surface area contributed by atoms with Gasteiger partial charge in [-0.3, -0.25) is 0 Å². The molecule has 0 amide bonds. The highest BCUT2D eigenvalue weighted by Gasteiger charge is 2.39. The van der Waals surface area contributed by atoms with Crippen LogP contribution < -0.4 is 5.32 Å². The van der Waals surface area contributed by atoms with Gasteiger partial charge < -0.3 is 5.32 Å². The number of hydrogen-bond acceptors (Lipinski definition) is 3. The van der Waals surface area contributed by atoms with Crippen LogP contribution in [-0.4, -0.2) is 16.5 Å². The van der Waals surface area contributed by atoms with Crippen molar-refractivity contribution in [1.82, 2.24) is 9.97 Å². The van der Waals surface area contributed by atoms with Gasteiger partial charge in [-0.05, 0) is 62.7 Å². The molecule has 1 aromatic rings. The van der Waals surface area contributed by atoms with Gasteiger partial charge in [-0.25, -0.2) is 9.97 Å². The van der Waals surface area contributed by atoms with E-state index in [1.54, 1.807) is 6.33 Å². The van der Waals surface area contributed by atoms with Gasteiger partial charge in [0, 0.05) is 17.8 Å². The van der Waals surface area contributed by atoms with Crippen molar-refractivity contribution >= 4 is 5.82 Å². The highest BCUT2D eigenvalue weighted by atomic mass is 15.0. The van der Waals surface area contributed by atoms with Gasteiger partial charge in [0.15, 0.2) is 0 Å². The number of anilines is 1. The maximum absolute atomic E-state index is 4.53. The average molecular weight is 271 g/mol. The molecule has 3 aliphatic rings. The lowest BCUT2D eigenvalue weighted by Gasteiger charge is -2.23. The van der Waals surface area contributed by atoms with Gasteiger partial charge in [-0.15, -0.1) is 0 Å². The molecule has 108 valence electrons. The molecule has 1 N–H and O–H groups in total. The Labute approximate surface area is 121 Å². The summed E-state index contributed by atoms with van der Waals surface area (Å²) >= 11 is 0. The molecule has 4 rings (SSSR count). The highest BCUT2D eigenvalue weighted by Crippen LogP contribution is 2.48. The summed E-state index contributed by atoms with van der Waals surface area (Å²) in [6, 6.07) is 0. The maximum atomic E-state index is 4.53. The lowest BCUT2D eigenvalue weighted by atomic mass is 9.89. The number of fused-ring (bicyclic) bond motifs is 3. The smallest absolute Gasteiger partial charge is 0.132 e. The average Bonchev–Trinajstić information content (AvgIpc) is 3.00. The van der Waals surface area contributed by atoms with E-state index < -0.39 is 0 Å². The fourth-order valence-corrected chi connectivity index (χ4v) is 4.70. The molecule has 3 heteroatoms. The first kappa shape index (κ1) is 12.6. The summed E-state index contributed by atoms with van der Waals surface area (Å²) in [4.78, 5) is 9.04. The summed E-state index contributed by atoms with van der Waals surface area (Å²) < 4.78 is 0. The molecule has 2 fully saturated rings. The van der Waals surface area contributed by atoms with Crippen LogP contribution in [0.25, 0.3) is 0 Å². The molecule has 0 spiro atoms. The number of rotatable bonds is 3. The third-order valence-corrected chi connectivity index (χ3v) is 5.79. The van der Waals surface area contributed by atoms with Gasteiger partial charge in [0.2, 0.25) is 0 Å². The van der Waals surface area contributed by atoms with Gasteiger partial charge in [0.25, 0.3) is 0 Å². The van der Waals surface area contributed by atoms with E-state index in [0.29, 0.717) is 0 Å². The van der Waals surface area contributed by atoms with E-state index in [0.717, 1.165) is 43.0 Å². The van der Waals surface area contributed by atoms with E-state index in [1.807, 2.05) is 0 Å². The number of nitrogens with zero attached hydrogens (tertiary/aromatic N) is 2. The Morgan fingerprint density at radius 1 is 1.05 bits per heavy atom. The molecule has 2 bridgehead atoms. The number of hydrogen-bond donors (Lipinski definition) is 1. The third kappa shape index (κ3) is 2.32. The minimum Gasteiger partial charge on any atom is -0.369 e. The SMILES string of the molecule is c1nc2c(c(NCC3CC4CCC3C4)n1)CCCCC2. The van der Waals surface area contributed by atoms with Crippen molar-refractivity contribution in [3.8, 4) is 0 Å².